The number of aryl methyl sites for hydroxylation is 1. The van der Waals surface area contributed by atoms with Crippen LogP contribution in [0.25, 0.3) is 0 Å². The number of nitrogens with zero attached hydrogens (tertiary/aromatic N) is 2. The molecule has 0 amide bonds. The molecule has 3 rings (SSSR count). The number of hydrogen-bond donors (Lipinski definition) is 0. The molecule has 0 N–H and O–H groups in total. The third-order valence-electron chi connectivity index (χ3n) is 5.34. The molecule has 1 aliphatic heterocycles. The highest BCUT2D eigenvalue weighted by Gasteiger charge is 2.26. The van der Waals surface area contributed by atoms with Crippen molar-refractivity contribution in [2.24, 2.45) is 5.92 Å². The minimum atomic E-state index is -0.141. The highest BCUT2D eigenvalue weighted by atomic mass is 16.5. The second-order valence-corrected chi connectivity index (χ2v) is 7.16. The molecule has 25 heavy (non-hydrogen) atoms. The number of ketones is 1. The van der Waals surface area contributed by atoms with Crippen molar-refractivity contribution in [1.29, 1.82) is 0 Å². The number of aromatic nitrogens is 1. The quantitative estimate of drug-likeness (QED) is 0.723. The molecule has 1 saturated heterocycles. The zero-order valence-corrected chi connectivity index (χ0v) is 15.6. The lowest BCUT2D eigenvalue weighted by atomic mass is 10.0. The maximum atomic E-state index is 13.0. The number of hydrogen-bond acceptors (Lipinski definition) is 4. The van der Waals surface area contributed by atoms with Gasteiger partial charge in [-0.05, 0) is 58.4 Å². The number of ether oxygens (including phenoxy) is 1. The van der Waals surface area contributed by atoms with Crippen LogP contribution in [0, 0.1) is 19.8 Å². The van der Waals surface area contributed by atoms with Gasteiger partial charge in [0, 0.05) is 30.1 Å². The Bertz CT molecular complexity index is 712. The molecule has 0 aliphatic carbocycles. The lowest BCUT2D eigenvalue weighted by Crippen LogP contribution is -2.39. The van der Waals surface area contributed by atoms with Crippen molar-refractivity contribution in [3.63, 3.8) is 0 Å². The number of rotatable bonds is 7. The second-order valence-electron chi connectivity index (χ2n) is 7.16. The second kappa shape index (κ2) is 7.58. The molecule has 0 saturated carbocycles. The van der Waals surface area contributed by atoms with E-state index < -0.39 is 0 Å². The van der Waals surface area contributed by atoms with Crippen molar-refractivity contribution in [3.05, 3.63) is 47.2 Å². The van der Waals surface area contributed by atoms with Crippen LogP contribution in [0.15, 0.2) is 28.9 Å². The zero-order chi connectivity index (χ0) is 18.0. The molecule has 2 aromatic heterocycles. The van der Waals surface area contributed by atoms with Gasteiger partial charge < -0.3 is 13.7 Å². The molecule has 0 bridgehead atoms. The monoisotopic (exact) mass is 344 g/mol. The molecule has 1 aliphatic rings. The first kappa shape index (κ1) is 18.0. The molecule has 2 atom stereocenters. The third-order valence-corrected chi connectivity index (χ3v) is 5.34. The van der Waals surface area contributed by atoms with E-state index in [1.54, 1.807) is 6.26 Å². The van der Waals surface area contributed by atoms with E-state index in [0.29, 0.717) is 12.5 Å². The van der Waals surface area contributed by atoms with Crippen LogP contribution in [0.5, 0.6) is 0 Å². The highest BCUT2D eigenvalue weighted by Crippen LogP contribution is 2.21. The topological polar surface area (TPSA) is 47.6 Å². The fourth-order valence-corrected chi connectivity index (χ4v) is 3.57. The lowest BCUT2D eigenvalue weighted by molar-refractivity contribution is 0.0844. The van der Waals surface area contributed by atoms with Gasteiger partial charge in [0.2, 0.25) is 0 Å². The normalized spacial score (nSPS) is 18.8. The molecule has 0 unspecified atom stereocenters. The maximum Gasteiger partial charge on any atom is 0.181 e. The van der Waals surface area contributed by atoms with E-state index in [-0.39, 0.29) is 11.8 Å². The van der Waals surface area contributed by atoms with E-state index in [4.69, 9.17) is 9.15 Å². The molecule has 1 fully saturated rings. The van der Waals surface area contributed by atoms with Crippen LogP contribution >= 0.6 is 0 Å². The van der Waals surface area contributed by atoms with E-state index in [9.17, 15) is 4.79 Å². The maximum absolute atomic E-state index is 13.0. The minimum absolute atomic E-state index is 0.141. The van der Waals surface area contributed by atoms with Crippen LogP contribution in [0.1, 0.15) is 40.9 Å². The Hall–Kier alpha value is -1.85. The van der Waals surface area contributed by atoms with E-state index >= 15 is 0 Å². The van der Waals surface area contributed by atoms with Gasteiger partial charge in [-0.15, -0.1) is 0 Å². The summed E-state index contributed by atoms with van der Waals surface area (Å²) in [6, 6.07) is 5.71. The van der Waals surface area contributed by atoms with E-state index in [1.807, 2.05) is 46.0 Å². The summed E-state index contributed by atoms with van der Waals surface area (Å²) in [7, 11) is 2.03. The summed E-state index contributed by atoms with van der Waals surface area (Å²) in [5.41, 5.74) is 2.89. The summed E-state index contributed by atoms with van der Waals surface area (Å²) in [6.07, 6.45) is 2.77. The summed E-state index contributed by atoms with van der Waals surface area (Å²) in [6.45, 7) is 9.26. The Morgan fingerprint density at radius 2 is 2.24 bits per heavy atom. The lowest BCUT2D eigenvalue weighted by Gasteiger charge is -2.26. The van der Waals surface area contributed by atoms with Crippen molar-refractivity contribution in [2.45, 2.75) is 39.8 Å². The minimum Gasteiger partial charge on any atom is -0.467 e. The molecular formula is C20H28N2O3. The Kier molecular flexibility index (Phi) is 5.45. The molecule has 136 valence electrons. The fraction of sp³-hybridized carbons (Fsp3) is 0.550. The molecule has 5 heteroatoms. The molecule has 2 aromatic rings. The SMILES string of the molecule is Cc1cc(C(=O)[C@@H](C)N(C)C[C@@H]2CCOC2)c(C)n1Cc1ccco1. The molecule has 0 radical (unpaired) electrons. The van der Waals surface area contributed by atoms with Crippen LogP contribution in [0.4, 0.5) is 0 Å². The first-order valence-electron chi connectivity index (χ1n) is 8.98. The van der Waals surface area contributed by atoms with Gasteiger partial charge in [-0.1, -0.05) is 0 Å². The fourth-order valence-electron chi connectivity index (χ4n) is 3.57. The van der Waals surface area contributed by atoms with E-state index in [2.05, 4.69) is 9.47 Å². The molecular weight excluding hydrogens is 316 g/mol. The van der Waals surface area contributed by atoms with Crippen LogP contribution < -0.4 is 0 Å². The molecule has 0 spiro atoms. The Labute approximate surface area is 149 Å². The van der Waals surface area contributed by atoms with Gasteiger partial charge in [-0.2, -0.15) is 0 Å². The Morgan fingerprint density at radius 1 is 1.44 bits per heavy atom. The van der Waals surface area contributed by atoms with Crippen LogP contribution in [0.3, 0.4) is 0 Å². The van der Waals surface area contributed by atoms with Crippen molar-refractivity contribution in [2.75, 3.05) is 26.8 Å². The number of carbonyl (C=O) groups is 1. The standard InChI is InChI=1S/C20H28N2O3/c1-14-10-19(15(2)22(14)12-18-6-5-8-25-18)20(23)16(3)21(4)11-17-7-9-24-13-17/h5-6,8,10,16-17H,7,9,11-13H2,1-4H3/t16-,17+/m1/s1. The van der Waals surface area contributed by atoms with Crippen LogP contribution in [0.2, 0.25) is 0 Å². The smallest absolute Gasteiger partial charge is 0.181 e. The predicted molar refractivity (Wildman–Crippen MR) is 97.1 cm³/mol. The number of carbonyl (C=O) groups excluding carboxylic acids is 1. The molecule has 0 aromatic carbocycles. The van der Waals surface area contributed by atoms with Gasteiger partial charge in [0.05, 0.1) is 25.5 Å². The van der Waals surface area contributed by atoms with Gasteiger partial charge >= 0.3 is 0 Å². The average Bonchev–Trinajstić information content (AvgIpc) is 3.33. The summed E-state index contributed by atoms with van der Waals surface area (Å²) in [5.74, 6) is 1.61. The van der Waals surface area contributed by atoms with Crippen molar-refractivity contribution < 1.29 is 13.9 Å². The molecule has 3 heterocycles. The van der Waals surface area contributed by atoms with E-state index in [1.165, 1.54) is 0 Å². The number of Topliss-reactive ketones (excluding diaryl/α,β-unsaturated/α-hetero) is 1. The summed E-state index contributed by atoms with van der Waals surface area (Å²) < 4.78 is 13.0. The van der Waals surface area contributed by atoms with E-state index in [0.717, 1.165) is 48.9 Å². The average molecular weight is 344 g/mol. The Balaban J connectivity index is 1.72. The van der Waals surface area contributed by atoms with Crippen LogP contribution in [-0.2, 0) is 11.3 Å². The highest BCUT2D eigenvalue weighted by molar-refractivity contribution is 6.01. The number of furan rings is 1. The third kappa shape index (κ3) is 3.88. The zero-order valence-electron chi connectivity index (χ0n) is 15.6. The van der Waals surface area contributed by atoms with Gasteiger partial charge in [0.25, 0.3) is 0 Å². The molecule has 5 nitrogen and oxygen atoms in total. The summed E-state index contributed by atoms with van der Waals surface area (Å²) >= 11 is 0. The van der Waals surface area contributed by atoms with Gasteiger partial charge in [-0.25, -0.2) is 0 Å². The van der Waals surface area contributed by atoms with Crippen molar-refractivity contribution >= 4 is 5.78 Å². The first-order valence-corrected chi connectivity index (χ1v) is 8.98. The summed E-state index contributed by atoms with van der Waals surface area (Å²) in [4.78, 5) is 15.2. The van der Waals surface area contributed by atoms with Crippen LogP contribution in [-0.4, -0.2) is 48.1 Å². The summed E-state index contributed by atoms with van der Waals surface area (Å²) in [5, 5.41) is 0. The van der Waals surface area contributed by atoms with Crippen molar-refractivity contribution in [3.8, 4) is 0 Å². The Morgan fingerprint density at radius 3 is 2.88 bits per heavy atom. The van der Waals surface area contributed by atoms with Crippen molar-refractivity contribution in [1.82, 2.24) is 9.47 Å². The van der Waals surface area contributed by atoms with Gasteiger partial charge in [0.1, 0.15) is 5.76 Å². The van der Waals surface area contributed by atoms with Gasteiger partial charge in [-0.3, -0.25) is 9.69 Å². The largest absolute Gasteiger partial charge is 0.467 e. The van der Waals surface area contributed by atoms with Gasteiger partial charge in [0.15, 0.2) is 5.78 Å². The number of likely N-dealkylation sites (N-methyl/N-ethyl adjacent to an activating group) is 1. The first-order chi connectivity index (χ1) is 12.0. The predicted octanol–water partition coefficient (Wildman–Crippen LogP) is 3.29.